The Hall–Kier alpha value is -1.67. The van der Waals surface area contributed by atoms with Crippen LogP contribution in [-0.4, -0.2) is 18.4 Å². The average Bonchev–Trinajstić information content (AvgIpc) is 2.47. The maximum absolute atomic E-state index is 12.5. The highest BCUT2D eigenvalue weighted by molar-refractivity contribution is 6.08. The zero-order valence-electron chi connectivity index (χ0n) is 11.1. The molecule has 0 aliphatic carbocycles. The second kappa shape index (κ2) is 5.54. The van der Waals surface area contributed by atoms with Gasteiger partial charge in [-0.15, -0.1) is 0 Å². The van der Waals surface area contributed by atoms with Crippen molar-refractivity contribution in [1.29, 1.82) is 0 Å². The minimum Gasteiger partial charge on any atom is -0.314 e. The van der Waals surface area contributed by atoms with E-state index in [2.05, 4.69) is 17.4 Å². The van der Waals surface area contributed by atoms with Gasteiger partial charge in [0.15, 0.2) is 5.78 Å². The molecule has 2 heteroatoms. The van der Waals surface area contributed by atoms with Crippen LogP contribution in [0, 0.1) is 0 Å². The van der Waals surface area contributed by atoms with Crippen molar-refractivity contribution in [2.75, 3.05) is 6.54 Å². The molecule has 0 radical (unpaired) electrons. The Labute approximate surface area is 113 Å². The zero-order valence-corrected chi connectivity index (χ0v) is 11.1. The van der Waals surface area contributed by atoms with Crippen LogP contribution in [0.4, 0.5) is 0 Å². The van der Waals surface area contributed by atoms with Crippen molar-refractivity contribution in [3.05, 3.63) is 48.0 Å². The number of rotatable bonds is 3. The second-order valence-electron chi connectivity index (χ2n) is 5.30. The van der Waals surface area contributed by atoms with Crippen LogP contribution < -0.4 is 5.32 Å². The fourth-order valence-corrected chi connectivity index (χ4v) is 2.90. The quantitative estimate of drug-likeness (QED) is 0.847. The van der Waals surface area contributed by atoms with Gasteiger partial charge in [-0.2, -0.15) is 0 Å². The van der Waals surface area contributed by atoms with Crippen LogP contribution in [0.1, 0.15) is 36.0 Å². The first-order chi connectivity index (χ1) is 9.34. The van der Waals surface area contributed by atoms with Crippen LogP contribution in [0.25, 0.3) is 10.8 Å². The van der Waals surface area contributed by atoms with E-state index in [1.165, 1.54) is 12.8 Å². The second-order valence-corrected chi connectivity index (χ2v) is 5.30. The van der Waals surface area contributed by atoms with Gasteiger partial charge in [-0.05, 0) is 30.2 Å². The van der Waals surface area contributed by atoms with E-state index in [0.717, 1.165) is 29.3 Å². The monoisotopic (exact) mass is 253 g/mol. The molecular weight excluding hydrogens is 234 g/mol. The first-order valence-corrected chi connectivity index (χ1v) is 7.09. The van der Waals surface area contributed by atoms with Gasteiger partial charge in [0.05, 0.1) is 0 Å². The molecule has 0 aromatic heterocycles. The van der Waals surface area contributed by atoms with E-state index < -0.39 is 0 Å². The van der Waals surface area contributed by atoms with Crippen molar-refractivity contribution in [2.45, 2.75) is 31.7 Å². The van der Waals surface area contributed by atoms with Gasteiger partial charge in [0.1, 0.15) is 0 Å². The van der Waals surface area contributed by atoms with Gasteiger partial charge in [0.25, 0.3) is 0 Å². The molecule has 0 spiro atoms. The van der Waals surface area contributed by atoms with Crippen LogP contribution in [0.5, 0.6) is 0 Å². The summed E-state index contributed by atoms with van der Waals surface area (Å²) in [4.78, 5) is 12.5. The molecule has 98 valence electrons. The molecule has 1 aliphatic heterocycles. The largest absolute Gasteiger partial charge is 0.314 e. The Morgan fingerprint density at radius 1 is 1.11 bits per heavy atom. The first-order valence-electron chi connectivity index (χ1n) is 7.09. The van der Waals surface area contributed by atoms with Crippen LogP contribution in [0.15, 0.2) is 42.5 Å². The van der Waals surface area contributed by atoms with Gasteiger partial charge < -0.3 is 5.32 Å². The predicted octanol–water partition coefficient (Wildman–Crippen LogP) is 3.55. The van der Waals surface area contributed by atoms with Gasteiger partial charge in [0.2, 0.25) is 0 Å². The van der Waals surface area contributed by atoms with Gasteiger partial charge in [-0.1, -0.05) is 48.9 Å². The van der Waals surface area contributed by atoms with Crippen molar-refractivity contribution in [3.63, 3.8) is 0 Å². The van der Waals surface area contributed by atoms with E-state index in [1.54, 1.807) is 0 Å². The summed E-state index contributed by atoms with van der Waals surface area (Å²) < 4.78 is 0. The lowest BCUT2D eigenvalue weighted by atomic mass is 9.94. The molecule has 1 aliphatic rings. The lowest BCUT2D eigenvalue weighted by molar-refractivity contribution is 0.0965. The van der Waals surface area contributed by atoms with Crippen LogP contribution in [0.3, 0.4) is 0 Å². The van der Waals surface area contributed by atoms with Crippen molar-refractivity contribution >= 4 is 16.6 Å². The van der Waals surface area contributed by atoms with E-state index >= 15 is 0 Å². The highest BCUT2D eigenvalue weighted by Gasteiger charge is 2.18. The maximum Gasteiger partial charge on any atom is 0.165 e. The number of benzene rings is 2. The van der Waals surface area contributed by atoms with Crippen molar-refractivity contribution in [3.8, 4) is 0 Å². The van der Waals surface area contributed by atoms with Gasteiger partial charge in [0, 0.05) is 18.0 Å². The number of piperidine rings is 1. The number of hydrogen-bond donors (Lipinski definition) is 1. The SMILES string of the molecule is O=C(CC1CCCCN1)c1cccc2ccccc12. The number of nitrogens with one attached hydrogen (secondary N) is 1. The van der Waals surface area contributed by atoms with Crippen molar-refractivity contribution in [1.82, 2.24) is 5.32 Å². The summed E-state index contributed by atoms with van der Waals surface area (Å²) in [6.07, 6.45) is 4.21. The number of Topliss-reactive ketones (excluding diaryl/α,β-unsaturated/α-hetero) is 1. The average molecular weight is 253 g/mol. The Morgan fingerprint density at radius 2 is 1.95 bits per heavy atom. The van der Waals surface area contributed by atoms with Crippen molar-refractivity contribution < 1.29 is 4.79 Å². The van der Waals surface area contributed by atoms with Crippen molar-refractivity contribution in [2.24, 2.45) is 0 Å². The molecule has 0 amide bonds. The first kappa shape index (κ1) is 12.4. The molecule has 1 N–H and O–H groups in total. The summed E-state index contributed by atoms with van der Waals surface area (Å²) in [6, 6.07) is 14.5. The molecule has 2 aromatic rings. The molecule has 1 heterocycles. The molecule has 2 nitrogen and oxygen atoms in total. The minimum atomic E-state index is 0.260. The summed E-state index contributed by atoms with van der Waals surface area (Å²) in [5.41, 5.74) is 0.866. The van der Waals surface area contributed by atoms with E-state index in [-0.39, 0.29) is 5.78 Å². The summed E-state index contributed by atoms with van der Waals surface area (Å²) in [5, 5.41) is 5.67. The molecule has 1 unspecified atom stereocenters. The van der Waals surface area contributed by atoms with E-state index in [0.29, 0.717) is 12.5 Å². The molecule has 3 rings (SSSR count). The Balaban J connectivity index is 1.85. The summed E-state index contributed by atoms with van der Waals surface area (Å²) in [5.74, 6) is 0.260. The fraction of sp³-hybridized carbons (Fsp3) is 0.353. The highest BCUT2D eigenvalue weighted by atomic mass is 16.1. The van der Waals surface area contributed by atoms with E-state index in [1.807, 2.05) is 30.3 Å². The van der Waals surface area contributed by atoms with Crippen LogP contribution >= 0.6 is 0 Å². The number of carbonyl (C=O) groups is 1. The summed E-state index contributed by atoms with van der Waals surface area (Å²) >= 11 is 0. The smallest absolute Gasteiger partial charge is 0.165 e. The third-order valence-corrected chi connectivity index (χ3v) is 3.93. The highest BCUT2D eigenvalue weighted by Crippen LogP contribution is 2.21. The van der Waals surface area contributed by atoms with E-state index in [4.69, 9.17) is 0 Å². The lowest BCUT2D eigenvalue weighted by Crippen LogP contribution is -2.35. The Bertz CT molecular complexity index is 579. The topological polar surface area (TPSA) is 29.1 Å². The summed E-state index contributed by atoms with van der Waals surface area (Å²) in [7, 11) is 0. The standard InChI is InChI=1S/C17H19NO/c19-17(12-14-8-3-4-11-18-14)16-10-5-7-13-6-1-2-9-15(13)16/h1-2,5-7,9-10,14,18H,3-4,8,11-12H2. The zero-order chi connectivity index (χ0) is 13.1. The Kier molecular flexibility index (Phi) is 3.60. The third kappa shape index (κ3) is 2.69. The molecule has 1 fully saturated rings. The Morgan fingerprint density at radius 3 is 2.79 bits per heavy atom. The predicted molar refractivity (Wildman–Crippen MR) is 78.5 cm³/mol. The van der Waals surface area contributed by atoms with E-state index in [9.17, 15) is 4.79 Å². The summed E-state index contributed by atoms with van der Waals surface area (Å²) in [6.45, 7) is 1.05. The normalized spacial score (nSPS) is 19.5. The molecular formula is C17H19NO. The minimum absolute atomic E-state index is 0.260. The van der Waals surface area contributed by atoms with Gasteiger partial charge in [-0.3, -0.25) is 4.79 Å². The molecule has 1 saturated heterocycles. The molecule has 0 saturated carbocycles. The maximum atomic E-state index is 12.5. The van der Waals surface area contributed by atoms with Gasteiger partial charge >= 0.3 is 0 Å². The molecule has 0 bridgehead atoms. The number of ketones is 1. The number of carbonyl (C=O) groups excluding carboxylic acids is 1. The van der Waals surface area contributed by atoms with Gasteiger partial charge in [-0.25, -0.2) is 0 Å². The molecule has 19 heavy (non-hydrogen) atoms. The lowest BCUT2D eigenvalue weighted by Gasteiger charge is -2.22. The fourth-order valence-electron chi connectivity index (χ4n) is 2.90. The van der Waals surface area contributed by atoms with Crippen LogP contribution in [-0.2, 0) is 0 Å². The molecule has 2 aromatic carbocycles. The third-order valence-electron chi connectivity index (χ3n) is 3.93. The van der Waals surface area contributed by atoms with Crippen LogP contribution in [0.2, 0.25) is 0 Å². The number of hydrogen-bond acceptors (Lipinski definition) is 2. The molecule has 1 atom stereocenters. The number of fused-ring (bicyclic) bond motifs is 1.